The van der Waals surface area contributed by atoms with Crippen LogP contribution in [0.2, 0.25) is 0 Å². The highest BCUT2D eigenvalue weighted by Gasteiger charge is 2.27. The largest absolute Gasteiger partial charge is 0.309 e. The first kappa shape index (κ1) is 12.5. The molecule has 4 nitrogen and oxygen atoms in total. The van der Waals surface area contributed by atoms with Crippen LogP contribution in [0.3, 0.4) is 0 Å². The van der Waals surface area contributed by atoms with Gasteiger partial charge in [0.2, 0.25) is 5.91 Å². The second kappa shape index (κ2) is 5.14. The molecule has 2 N–H and O–H groups in total. The van der Waals surface area contributed by atoms with Crippen molar-refractivity contribution in [2.45, 2.75) is 26.3 Å². The van der Waals surface area contributed by atoms with Crippen LogP contribution in [0.15, 0.2) is 16.7 Å². The number of rotatable bonds is 2. The quantitative estimate of drug-likeness (QED) is 0.822. The summed E-state index contributed by atoms with van der Waals surface area (Å²) in [5.41, 5.74) is 0.965. The number of nitrogens with zero attached hydrogens (tertiary/aromatic N) is 1. The fourth-order valence-corrected chi connectivity index (χ4v) is 2.26. The number of carbonyl (C=O) groups is 1. The van der Waals surface area contributed by atoms with E-state index in [0.717, 1.165) is 23.1 Å². The number of amides is 1. The van der Waals surface area contributed by atoms with E-state index in [1.807, 2.05) is 19.1 Å². The first-order chi connectivity index (χ1) is 8.06. The van der Waals surface area contributed by atoms with Gasteiger partial charge in [-0.1, -0.05) is 13.0 Å². The van der Waals surface area contributed by atoms with Gasteiger partial charge in [0.05, 0.1) is 6.04 Å². The summed E-state index contributed by atoms with van der Waals surface area (Å²) in [6, 6.07) is 3.70. The Morgan fingerprint density at radius 1 is 1.59 bits per heavy atom. The first-order valence-electron chi connectivity index (χ1n) is 5.73. The molecule has 1 aromatic heterocycles. The third-order valence-electron chi connectivity index (χ3n) is 2.97. The Morgan fingerprint density at radius 2 is 2.35 bits per heavy atom. The molecule has 0 saturated carbocycles. The van der Waals surface area contributed by atoms with E-state index in [0.29, 0.717) is 11.7 Å². The standard InChI is InChI=1S/C12H16BrN3O/c1-7-5-9(14-6-7)12(17)16-11-8(2)3-4-10(13)15-11/h3-4,7,9,14H,5-6H2,1-2H3,(H,15,16,17). The highest BCUT2D eigenvalue weighted by molar-refractivity contribution is 9.10. The van der Waals surface area contributed by atoms with E-state index in [1.165, 1.54) is 0 Å². The van der Waals surface area contributed by atoms with Crippen LogP contribution in [0.5, 0.6) is 0 Å². The number of anilines is 1. The average Bonchev–Trinajstić information content (AvgIpc) is 2.70. The molecule has 0 radical (unpaired) electrons. The van der Waals surface area contributed by atoms with Crippen LogP contribution in [-0.2, 0) is 4.79 Å². The Bertz CT molecular complexity index is 436. The SMILES string of the molecule is Cc1ccc(Br)nc1NC(=O)C1CC(C)CN1. The van der Waals surface area contributed by atoms with Crippen molar-refractivity contribution in [1.29, 1.82) is 0 Å². The van der Waals surface area contributed by atoms with Crippen LogP contribution in [0.4, 0.5) is 5.82 Å². The van der Waals surface area contributed by atoms with Crippen LogP contribution in [0, 0.1) is 12.8 Å². The van der Waals surface area contributed by atoms with Gasteiger partial charge in [0.15, 0.2) is 0 Å². The zero-order valence-corrected chi connectivity index (χ0v) is 11.5. The lowest BCUT2D eigenvalue weighted by Gasteiger charge is -2.12. The smallest absolute Gasteiger partial charge is 0.242 e. The molecule has 0 aliphatic carbocycles. The lowest BCUT2D eigenvalue weighted by molar-refractivity contribution is -0.117. The zero-order chi connectivity index (χ0) is 12.4. The maximum Gasteiger partial charge on any atom is 0.242 e. The highest BCUT2D eigenvalue weighted by Crippen LogP contribution is 2.18. The molecule has 1 saturated heterocycles. The van der Waals surface area contributed by atoms with Crippen molar-refractivity contribution >= 4 is 27.7 Å². The molecule has 17 heavy (non-hydrogen) atoms. The third kappa shape index (κ3) is 3.04. The van der Waals surface area contributed by atoms with Crippen molar-refractivity contribution in [1.82, 2.24) is 10.3 Å². The van der Waals surface area contributed by atoms with Crippen molar-refractivity contribution in [3.63, 3.8) is 0 Å². The lowest BCUT2D eigenvalue weighted by Crippen LogP contribution is -2.35. The summed E-state index contributed by atoms with van der Waals surface area (Å²) in [4.78, 5) is 16.3. The van der Waals surface area contributed by atoms with Crippen molar-refractivity contribution in [3.05, 3.63) is 22.3 Å². The number of carbonyl (C=O) groups excluding carboxylic acids is 1. The molecule has 1 amide bonds. The van der Waals surface area contributed by atoms with Gasteiger partial charge in [-0.25, -0.2) is 4.98 Å². The summed E-state index contributed by atoms with van der Waals surface area (Å²) >= 11 is 3.30. The highest BCUT2D eigenvalue weighted by atomic mass is 79.9. The van der Waals surface area contributed by atoms with E-state index < -0.39 is 0 Å². The molecule has 1 aromatic rings. The van der Waals surface area contributed by atoms with Crippen molar-refractivity contribution in [2.75, 3.05) is 11.9 Å². The van der Waals surface area contributed by atoms with Crippen molar-refractivity contribution in [3.8, 4) is 0 Å². The molecule has 1 fully saturated rings. The van der Waals surface area contributed by atoms with E-state index in [-0.39, 0.29) is 11.9 Å². The maximum atomic E-state index is 12.0. The maximum absolute atomic E-state index is 12.0. The Morgan fingerprint density at radius 3 is 3.00 bits per heavy atom. The zero-order valence-electron chi connectivity index (χ0n) is 9.96. The fourth-order valence-electron chi connectivity index (χ4n) is 1.95. The van der Waals surface area contributed by atoms with Crippen molar-refractivity contribution in [2.24, 2.45) is 5.92 Å². The first-order valence-corrected chi connectivity index (χ1v) is 6.53. The van der Waals surface area contributed by atoms with Gasteiger partial charge in [-0.2, -0.15) is 0 Å². The second-order valence-corrected chi connectivity index (χ2v) is 5.40. The molecule has 2 heterocycles. The molecule has 92 valence electrons. The molecule has 5 heteroatoms. The number of hydrogen-bond acceptors (Lipinski definition) is 3. The molecule has 0 spiro atoms. The van der Waals surface area contributed by atoms with E-state index in [2.05, 4.69) is 38.5 Å². The number of hydrogen-bond donors (Lipinski definition) is 2. The number of halogens is 1. The summed E-state index contributed by atoms with van der Waals surface area (Å²) in [6.07, 6.45) is 0.888. The normalized spacial score (nSPS) is 23.7. The molecular formula is C12H16BrN3O. The molecule has 0 bridgehead atoms. The van der Waals surface area contributed by atoms with Crippen LogP contribution in [-0.4, -0.2) is 23.5 Å². The fraction of sp³-hybridized carbons (Fsp3) is 0.500. The van der Waals surface area contributed by atoms with Gasteiger partial charge in [-0.15, -0.1) is 0 Å². The van der Waals surface area contributed by atoms with Gasteiger partial charge in [0, 0.05) is 0 Å². The molecule has 2 rings (SSSR count). The van der Waals surface area contributed by atoms with E-state index in [1.54, 1.807) is 0 Å². The van der Waals surface area contributed by atoms with Gasteiger partial charge in [0.25, 0.3) is 0 Å². The summed E-state index contributed by atoms with van der Waals surface area (Å²) in [5, 5.41) is 6.08. The topological polar surface area (TPSA) is 54.0 Å². The Balaban J connectivity index is 2.05. The molecule has 0 aromatic carbocycles. The van der Waals surface area contributed by atoms with Crippen LogP contribution in [0.25, 0.3) is 0 Å². The predicted octanol–water partition coefficient (Wildman–Crippen LogP) is 2.09. The van der Waals surface area contributed by atoms with Gasteiger partial charge in [-0.05, 0) is 53.4 Å². The number of aryl methyl sites for hydroxylation is 1. The van der Waals surface area contributed by atoms with Gasteiger partial charge >= 0.3 is 0 Å². The van der Waals surface area contributed by atoms with E-state index in [4.69, 9.17) is 0 Å². The second-order valence-electron chi connectivity index (χ2n) is 4.59. The minimum absolute atomic E-state index is 0.00282. The van der Waals surface area contributed by atoms with Gasteiger partial charge in [-0.3, -0.25) is 4.79 Å². The number of nitrogens with one attached hydrogen (secondary N) is 2. The lowest BCUT2D eigenvalue weighted by atomic mass is 10.1. The Labute approximate surface area is 109 Å². The Kier molecular flexibility index (Phi) is 3.79. The summed E-state index contributed by atoms with van der Waals surface area (Å²) < 4.78 is 0.728. The molecule has 2 unspecified atom stereocenters. The summed E-state index contributed by atoms with van der Waals surface area (Å²) in [7, 11) is 0. The third-order valence-corrected chi connectivity index (χ3v) is 3.41. The predicted molar refractivity (Wildman–Crippen MR) is 70.9 cm³/mol. The molecule has 1 aliphatic rings. The Hall–Kier alpha value is -0.940. The minimum atomic E-state index is -0.0924. The number of aromatic nitrogens is 1. The van der Waals surface area contributed by atoms with Gasteiger partial charge in [0.1, 0.15) is 10.4 Å². The molecule has 2 atom stereocenters. The minimum Gasteiger partial charge on any atom is -0.309 e. The van der Waals surface area contributed by atoms with Gasteiger partial charge < -0.3 is 10.6 Å². The summed E-state index contributed by atoms with van der Waals surface area (Å²) in [6.45, 7) is 4.98. The molecule has 1 aliphatic heterocycles. The monoisotopic (exact) mass is 297 g/mol. The van der Waals surface area contributed by atoms with Crippen LogP contribution < -0.4 is 10.6 Å². The van der Waals surface area contributed by atoms with E-state index in [9.17, 15) is 4.79 Å². The average molecular weight is 298 g/mol. The van der Waals surface area contributed by atoms with Crippen molar-refractivity contribution < 1.29 is 4.79 Å². The van der Waals surface area contributed by atoms with Crippen LogP contribution >= 0.6 is 15.9 Å². The van der Waals surface area contributed by atoms with E-state index >= 15 is 0 Å². The number of pyridine rings is 1. The summed E-state index contributed by atoms with van der Waals surface area (Å²) in [5.74, 6) is 1.19. The molecular weight excluding hydrogens is 282 g/mol. The van der Waals surface area contributed by atoms with Crippen LogP contribution in [0.1, 0.15) is 18.9 Å².